The Balaban J connectivity index is 1.54. The predicted molar refractivity (Wildman–Crippen MR) is 140 cm³/mol. The van der Waals surface area contributed by atoms with E-state index in [1.165, 1.54) is 20.5 Å². The molecule has 2 aliphatic rings. The lowest BCUT2D eigenvalue weighted by Gasteiger charge is -1.92. The second-order valence-corrected chi connectivity index (χ2v) is 9.32. The van der Waals surface area contributed by atoms with Gasteiger partial charge in [-0.15, -0.1) is 11.3 Å². The van der Waals surface area contributed by atoms with Crippen molar-refractivity contribution >= 4 is 67.8 Å². The quantitative estimate of drug-likeness (QED) is 0.276. The van der Waals surface area contributed by atoms with Crippen molar-refractivity contribution in [3.8, 4) is 10.4 Å². The highest BCUT2D eigenvalue weighted by Gasteiger charge is 2.10. The number of H-pyrrole nitrogens is 2. The summed E-state index contributed by atoms with van der Waals surface area (Å²) in [6.45, 7) is 0. The first kappa shape index (κ1) is 18.4. The van der Waals surface area contributed by atoms with E-state index < -0.39 is 0 Å². The van der Waals surface area contributed by atoms with Crippen LogP contribution in [0.3, 0.4) is 0 Å². The predicted octanol–water partition coefficient (Wildman–Crippen LogP) is 7.54. The van der Waals surface area contributed by atoms with Crippen LogP contribution in [0.1, 0.15) is 22.8 Å². The molecule has 0 amide bonds. The van der Waals surface area contributed by atoms with Crippen molar-refractivity contribution in [1.82, 2.24) is 19.9 Å². The molecule has 4 aromatic heterocycles. The van der Waals surface area contributed by atoms with Crippen LogP contribution in [0.4, 0.5) is 0 Å². The van der Waals surface area contributed by atoms with Crippen LogP contribution in [0, 0.1) is 0 Å². The number of hydrogen-bond acceptors (Lipinski definition) is 3. The largest absolute Gasteiger partial charge is 0.355 e. The minimum Gasteiger partial charge on any atom is -0.355 e. The van der Waals surface area contributed by atoms with Crippen molar-refractivity contribution in [3.63, 3.8) is 0 Å². The van der Waals surface area contributed by atoms with Crippen molar-refractivity contribution < 1.29 is 0 Å². The molecule has 7 rings (SSSR count). The summed E-state index contributed by atoms with van der Waals surface area (Å²) in [5, 5.41) is 1.27. The van der Waals surface area contributed by atoms with Gasteiger partial charge in [-0.05, 0) is 84.3 Å². The Morgan fingerprint density at radius 3 is 2.06 bits per heavy atom. The zero-order chi connectivity index (χ0) is 21.8. The molecular weight excluding hydrogens is 424 g/mol. The molecule has 0 radical (unpaired) electrons. The molecule has 156 valence electrons. The molecule has 0 saturated carbocycles. The number of aromatic amines is 2. The van der Waals surface area contributed by atoms with Gasteiger partial charge in [0.25, 0.3) is 0 Å². The maximum Gasteiger partial charge on any atom is 0.0659 e. The van der Waals surface area contributed by atoms with Crippen LogP contribution < -0.4 is 0 Å². The Hall–Kier alpha value is -4.22. The first-order valence-corrected chi connectivity index (χ1v) is 11.6. The molecular formula is C28H18N4S. The van der Waals surface area contributed by atoms with Crippen molar-refractivity contribution in [2.45, 2.75) is 0 Å². The molecule has 0 unspecified atom stereocenters. The Morgan fingerprint density at radius 1 is 0.576 bits per heavy atom. The van der Waals surface area contributed by atoms with Gasteiger partial charge in [0.1, 0.15) is 0 Å². The van der Waals surface area contributed by atoms with Gasteiger partial charge in [-0.25, -0.2) is 9.97 Å². The standard InChI is InChI=1S/C28H18N4S/c1-2-4-27-17(3-1)11-28(33-27)25-15-24-14-22-8-7-20(30-22)12-18-5-6-19(29-18)13-21-9-10-23(31-21)16-26(25)32-24/h1-16,30,32H. The molecule has 4 nitrogen and oxygen atoms in total. The highest BCUT2D eigenvalue weighted by Crippen LogP contribution is 2.36. The first-order chi connectivity index (χ1) is 16.2. The van der Waals surface area contributed by atoms with E-state index in [0.717, 1.165) is 44.8 Å². The third kappa shape index (κ3) is 3.39. The van der Waals surface area contributed by atoms with E-state index in [2.05, 4.69) is 82.8 Å². The lowest BCUT2D eigenvalue weighted by Crippen LogP contribution is -1.77. The van der Waals surface area contributed by atoms with Gasteiger partial charge in [0, 0.05) is 37.2 Å². The highest BCUT2D eigenvalue weighted by molar-refractivity contribution is 7.22. The van der Waals surface area contributed by atoms with E-state index in [4.69, 9.17) is 9.97 Å². The van der Waals surface area contributed by atoms with E-state index in [1.54, 1.807) is 0 Å². The molecule has 5 aromatic rings. The fourth-order valence-corrected chi connectivity index (χ4v) is 5.43. The topological polar surface area (TPSA) is 57.4 Å². The SMILES string of the molecule is C1=Cc2cc3ccc(cc4cc(-c5cc6ccccc6s5)c(cc5nc(cc1n2)C=C5)[nH]4)[nH]3. The lowest BCUT2D eigenvalue weighted by molar-refractivity contribution is 1.28. The second-order valence-electron chi connectivity index (χ2n) is 8.24. The Labute approximate surface area is 193 Å². The zero-order valence-corrected chi connectivity index (χ0v) is 18.4. The summed E-state index contributed by atoms with van der Waals surface area (Å²) < 4.78 is 1.29. The summed E-state index contributed by atoms with van der Waals surface area (Å²) in [7, 11) is 0. The Morgan fingerprint density at radius 2 is 1.27 bits per heavy atom. The highest BCUT2D eigenvalue weighted by atomic mass is 32.1. The summed E-state index contributed by atoms with van der Waals surface area (Å²) in [5.41, 5.74) is 8.99. The number of aromatic nitrogens is 4. The average Bonchev–Trinajstić information content (AvgIpc) is 3.61. The van der Waals surface area contributed by atoms with Crippen molar-refractivity contribution in [1.29, 1.82) is 0 Å². The second kappa shape index (κ2) is 7.15. The smallest absolute Gasteiger partial charge is 0.0659 e. The molecule has 0 saturated heterocycles. The number of hydrogen-bond donors (Lipinski definition) is 2. The van der Waals surface area contributed by atoms with Crippen molar-refractivity contribution in [2.75, 3.05) is 0 Å². The van der Waals surface area contributed by atoms with Crippen LogP contribution in [0.15, 0.2) is 72.8 Å². The van der Waals surface area contributed by atoms with Gasteiger partial charge in [0.2, 0.25) is 0 Å². The summed E-state index contributed by atoms with van der Waals surface area (Å²) in [5.74, 6) is 0. The minimum absolute atomic E-state index is 0.905. The van der Waals surface area contributed by atoms with Crippen LogP contribution in [-0.4, -0.2) is 19.9 Å². The number of fused-ring (bicyclic) bond motifs is 9. The van der Waals surface area contributed by atoms with Gasteiger partial charge in [-0.1, -0.05) is 18.2 Å². The Kier molecular flexibility index (Phi) is 3.98. The monoisotopic (exact) mass is 442 g/mol. The molecule has 0 aliphatic carbocycles. The fraction of sp³-hybridized carbons (Fsp3) is 0. The van der Waals surface area contributed by atoms with E-state index >= 15 is 0 Å². The summed E-state index contributed by atoms with van der Waals surface area (Å²) in [6, 6.07) is 25.5. The fourth-order valence-electron chi connectivity index (χ4n) is 4.34. The van der Waals surface area contributed by atoms with Crippen molar-refractivity contribution in [2.24, 2.45) is 0 Å². The van der Waals surface area contributed by atoms with Crippen LogP contribution in [0.2, 0.25) is 0 Å². The number of nitrogens with zero attached hydrogens (tertiary/aromatic N) is 2. The van der Waals surface area contributed by atoms with Gasteiger partial charge >= 0.3 is 0 Å². The first-order valence-electron chi connectivity index (χ1n) is 10.8. The molecule has 6 heterocycles. The molecule has 8 bridgehead atoms. The summed E-state index contributed by atoms with van der Waals surface area (Å²) in [6.07, 6.45) is 8.14. The summed E-state index contributed by atoms with van der Waals surface area (Å²) >= 11 is 1.81. The lowest BCUT2D eigenvalue weighted by atomic mass is 10.2. The van der Waals surface area contributed by atoms with Crippen LogP contribution in [0.5, 0.6) is 0 Å². The number of rotatable bonds is 1. The van der Waals surface area contributed by atoms with E-state index in [9.17, 15) is 0 Å². The third-order valence-electron chi connectivity index (χ3n) is 5.86. The molecule has 1 aromatic carbocycles. The molecule has 0 atom stereocenters. The van der Waals surface area contributed by atoms with Gasteiger partial charge in [0.15, 0.2) is 0 Å². The Bertz CT molecular complexity index is 1750. The van der Waals surface area contributed by atoms with Gasteiger partial charge in [0.05, 0.1) is 22.8 Å². The molecule has 0 fully saturated rings. The summed E-state index contributed by atoms with van der Waals surface area (Å²) in [4.78, 5) is 17.8. The maximum atomic E-state index is 4.80. The van der Waals surface area contributed by atoms with Crippen LogP contribution in [0.25, 0.3) is 66.9 Å². The zero-order valence-electron chi connectivity index (χ0n) is 17.5. The van der Waals surface area contributed by atoms with E-state index in [1.807, 2.05) is 35.6 Å². The third-order valence-corrected chi connectivity index (χ3v) is 7.01. The van der Waals surface area contributed by atoms with Gasteiger partial charge in [-0.3, -0.25) is 0 Å². The molecule has 33 heavy (non-hydrogen) atoms. The normalized spacial score (nSPS) is 12.6. The van der Waals surface area contributed by atoms with Crippen molar-refractivity contribution in [3.05, 3.63) is 95.6 Å². The van der Waals surface area contributed by atoms with E-state index in [-0.39, 0.29) is 0 Å². The molecule has 2 N–H and O–H groups in total. The van der Waals surface area contributed by atoms with Crippen LogP contribution in [-0.2, 0) is 0 Å². The maximum absolute atomic E-state index is 4.80. The molecule has 2 aliphatic heterocycles. The minimum atomic E-state index is 0.905. The number of nitrogens with one attached hydrogen (secondary N) is 2. The van der Waals surface area contributed by atoms with E-state index in [0.29, 0.717) is 0 Å². The average molecular weight is 443 g/mol. The molecule has 5 heteroatoms. The number of benzene rings is 1. The molecule has 0 spiro atoms. The van der Waals surface area contributed by atoms with Crippen LogP contribution >= 0.6 is 11.3 Å². The number of thiophene rings is 1. The van der Waals surface area contributed by atoms with Gasteiger partial charge in [-0.2, -0.15) is 0 Å². The van der Waals surface area contributed by atoms with Gasteiger partial charge < -0.3 is 9.97 Å².